The Balaban J connectivity index is 1.55. The van der Waals surface area contributed by atoms with Crippen molar-refractivity contribution in [1.29, 1.82) is 0 Å². The van der Waals surface area contributed by atoms with Gasteiger partial charge in [0.25, 0.3) is 5.56 Å². The summed E-state index contributed by atoms with van der Waals surface area (Å²) >= 11 is 0. The van der Waals surface area contributed by atoms with Crippen LogP contribution in [0.15, 0.2) is 71.5 Å². The van der Waals surface area contributed by atoms with Crippen LogP contribution in [-0.4, -0.2) is 39.4 Å². The number of esters is 1. The summed E-state index contributed by atoms with van der Waals surface area (Å²) in [6, 6.07) is 18.3. The van der Waals surface area contributed by atoms with E-state index in [0.29, 0.717) is 22.7 Å². The Hall–Kier alpha value is -4.59. The number of ether oxygens (including phenoxy) is 2. The van der Waals surface area contributed by atoms with Crippen LogP contribution in [-0.2, 0) is 16.6 Å². The molecule has 2 aromatic heterocycles. The van der Waals surface area contributed by atoms with Gasteiger partial charge in [0.1, 0.15) is 11.4 Å². The molecule has 2 heterocycles. The number of nitrogens with zero attached hydrogens (tertiary/aromatic N) is 3. The summed E-state index contributed by atoms with van der Waals surface area (Å²) in [4.78, 5) is 38.7. The number of methoxy groups -OCH3 is 1. The number of rotatable bonds is 8. The molecule has 0 saturated heterocycles. The summed E-state index contributed by atoms with van der Waals surface area (Å²) in [6.07, 6.45) is 2.86. The molecule has 0 aliphatic carbocycles. The zero-order valence-corrected chi connectivity index (χ0v) is 21.5. The molecule has 8 heteroatoms. The second-order valence-corrected chi connectivity index (χ2v) is 8.67. The second kappa shape index (κ2) is 10.6. The minimum Gasteiger partial charge on any atom is -0.497 e. The summed E-state index contributed by atoms with van der Waals surface area (Å²) in [5.74, 6) is -0.306. The first-order valence-electron chi connectivity index (χ1n) is 11.8. The maximum Gasteiger partial charge on any atom is 0.331 e. The van der Waals surface area contributed by atoms with E-state index in [2.05, 4.69) is 0 Å². The van der Waals surface area contributed by atoms with E-state index < -0.39 is 12.6 Å². The third-order valence-electron chi connectivity index (χ3n) is 6.33. The third-order valence-corrected chi connectivity index (χ3v) is 6.33. The summed E-state index contributed by atoms with van der Waals surface area (Å²) in [6.45, 7) is 5.08. The van der Waals surface area contributed by atoms with Crippen LogP contribution in [0.4, 0.5) is 0 Å². The number of hydrogen-bond donors (Lipinski definition) is 0. The first kappa shape index (κ1) is 25.5. The van der Waals surface area contributed by atoms with Crippen molar-refractivity contribution in [1.82, 2.24) is 13.9 Å². The average Bonchev–Trinajstić information content (AvgIpc) is 3.31. The summed E-state index contributed by atoms with van der Waals surface area (Å²) in [5, 5.41) is 0. The third kappa shape index (κ3) is 5.04. The van der Waals surface area contributed by atoms with Gasteiger partial charge in [-0.15, -0.1) is 0 Å². The smallest absolute Gasteiger partial charge is 0.331 e. The number of para-hydroxylation sites is 1. The molecular weight excluding hydrogens is 470 g/mol. The minimum atomic E-state index is -0.630. The Bertz CT molecular complexity index is 1550. The Morgan fingerprint density at radius 3 is 2.38 bits per heavy atom. The van der Waals surface area contributed by atoms with E-state index in [9.17, 15) is 14.4 Å². The predicted molar refractivity (Wildman–Crippen MR) is 142 cm³/mol. The quantitative estimate of drug-likeness (QED) is 0.205. The molecule has 0 unspecified atom stereocenters. The normalized spacial score (nSPS) is 11.2. The molecule has 0 radical (unpaired) electrons. The number of Topliss-reactive ketones (excluding diaryl/α,β-unsaturated/α-hetero) is 1. The van der Waals surface area contributed by atoms with E-state index in [1.54, 1.807) is 52.2 Å². The van der Waals surface area contributed by atoms with E-state index in [0.717, 1.165) is 22.6 Å². The van der Waals surface area contributed by atoms with Crippen molar-refractivity contribution >= 4 is 17.8 Å². The molecule has 0 amide bonds. The molecule has 0 N–H and O–H groups in total. The summed E-state index contributed by atoms with van der Waals surface area (Å²) in [5.41, 5.74) is 4.29. The number of carbonyl (C=O) groups excluding carboxylic acids is 2. The molecule has 0 spiro atoms. The summed E-state index contributed by atoms with van der Waals surface area (Å²) in [7, 11) is 3.39. The van der Waals surface area contributed by atoms with Crippen molar-refractivity contribution < 1.29 is 19.1 Å². The number of aromatic nitrogens is 3. The first-order valence-corrected chi connectivity index (χ1v) is 11.8. The van der Waals surface area contributed by atoms with Crippen molar-refractivity contribution in [2.45, 2.75) is 20.8 Å². The topological polar surface area (TPSA) is 84.5 Å². The summed E-state index contributed by atoms with van der Waals surface area (Å²) < 4.78 is 15.5. The fourth-order valence-electron chi connectivity index (χ4n) is 4.37. The predicted octanol–water partition coefficient (Wildman–Crippen LogP) is 4.34. The lowest BCUT2D eigenvalue weighted by Gasteiger charge is -2.08. The van der Waals surface area contributed by atoms with Crippen LogP contribution in [0, 0.1) is 20.8 Å². The van der Waals surface area contributed by atoms with Gasteiger partial charge in [-0.2, -0.15) is 0 Å². The largest absolute Gasteiger partial charge is 0.497 e. The van der Waals surface area contributed by atoms with Gasteiger partial charge in [-0.05, 0) is 62.7 Å². The lowest BCUT2D eigenvalue weighted by molar-refractivity contribution is -0.136. The molecule has 37 heavy (non-hydrogen) atoms. The highest BCUT2D eigenvalue weighted by molar-refractivity contribution is 6.00. The van der Waals surface area contributed by atoms with Gasteiger partial charge in [0.05, 0.1) is 18.5 Å². The van der Waals surface area contributed by atoms with Crippen molar-refractivity contribution in [2.24, 2.45) is 7.05 Å². The van der Waals surface area contributed by atoms with Gasteiger partial charge < -0.3 is 14.0 Å². The molecule has 4 aromatic rings. The molecule has 0 bridgehead atoms. The number of aryl methyl sites for hydroxylation is 1. The fourth-order valence-corrected chi connectivity index (χ4v) is 4.37. The van der Waals surface area contributed by atoms with Crippen LogP contribution in [0.3, 0.4) is 0 Å². The molecular formula is C29H29N3O5. The van der Waals surface area contributed by atoms with Gasteiger partial charge >= 0.3 is 5.97 Å². The zero-order valence-electron chi connectivity index (χ0n) is 21.5. The molecule has 8 nitrogen and oxygen atoms in total. The monoisotopic (exact) mass is 499 g/mol. The average molecular weight is 500 g/mol. The van der Waals surface area contributed by atoms with Crippen LogP contribution in [0.5, 0.6) is 5.75 Å². The second-order valence-electron chi connectivity index (χ2n) is 8.67. The Labute approximate surface area is 215 Å². The van der Waals surface area contributed by atoms with Gasteiger partial charge in [-0.25, -0.2) is 9.48 Å². The number of benzene rings is 2. The fraction of sp³-hybridized carbons (Fsp3) is 0.207. The van der Waals surface area contributed by atoms with Crippen molar-refractivity contribution in [3.8, 4) is 17.1 Å². The Kier molecular flexibility index (Phi) is 7.29. The lowest BCUT2D eigenvalue weighted by atomic mass is 10.1. The van der Waals surface area contributed by atoms with Crippen molar-refractivity contribution in [3.05, 3.63) is 105 Å². The van der Waals surface area contributed by atoms with Crippen LogP contribution in [0.1, 0.15) is 33.0 Å². The van der Waals surface area contributed by atoms with Crippen molar-refractivity contribution in [3.63, 3.8) is 0 Å². The van der Waals surface area contributed by atoms with Crippen LogP contribution < -0.4 is 10.3 Å². The van der Waals surface area contributed by atoms with Crippen LogP contribution >= 0.6 is 0 Å². The number of hydrogen-bond acceptors (Lipinski definition) is 5. The lowest BCUT2D eigenvalue weighted by Crippen LogP contribution is -2.22. The minimum absolute atomic E-state index is 0.193. The van der Waals surface area contributed by atoms with Gasteiger partial charge in [-0.3, -0.25) is 14.3 Å². The van der Waals surface area contributed by atoms with Gasteiger partial charge in [0.15, 0.2) is 6.61 Å². The SMILES string of the molecule is COc1cccc(/C=C/C(=O)OCC(=O)c2cc(C)n(-c3c(C)n(C)n(-c4ccccc4)c3=O)c2C)c1. The highest BCUT2D eigenvalue weighted by Gasteiger charge is 2.24. The highest BCUT2D eigenvalue weighted by atomic mass is 16.5. The Morgan fingerprint density at radius 1 is 0.946 bits per heavy atom. The van der Waals surface area contributed by atoms with E-state index in [1.165, 1.54) is 6.08 Å². The molecule has 4 rings (SSSR count). The van der Waals surface area contributed by atoms with E-state index in [1.807, 2.05) is 63.4 Å². The van der Waals surface area contributed by atoms with Gasteiger partial charge in [0, 0.05) is 30.1 Å². The number of ketones is 1. The molecule has 0 atom stereocenters. The molecule has 0 aliphatic rings. The molecule has 0 fully saturated rings. The number of carbonyl (C=O) groups is 2. The highest BCUT2D eigenvalue weighted by Crippen LogP contribution is 2.23. The van der Waals surface area contributed by atoms with Crippen molar-refractivity contribution in [2.75, 3.05) is 13.7 Å². The maximum absolute atomic E-state index is 13.5. The zero-order chi connectivity index (χ0) is 26.7. The molecule has 190 valence electrons. The van der Waals surface area contributed by atoms with Gasteiger partial charge in [0.2, 0.25) is 5.78 Å². The molecule has 0 aliphatic heterocycles. The Morgan fingerprint density at radius 2 is 1.68 bits per heavy atom. The standard InChI is InChI=1S/C29H29N3O5/c1-19-16-25(26(33)18-37-27(34)15-14-22-10-9-13-24(17-22)36-5)20(2)31(19)28-21(3)30(4)32(29(28)35)23-11-7-6-8-12-23/h6-17H,18H2,1-5H3/b15-14+. The van der Waals surface area contributed by atoms with Crippen LogP contribution in [0.25, 0.3) is 17.5 Å². The van der Waals surface area contributed by atoms with E-state index in [-0.39, 0.29) is 11.3 Å². The van der Waals surface area contributed by atoms with E-state index in [4.69, 9.17) is 9.47 Å². The van der Waals surface area contributed by atoms with Gasteiger partial charge in [-0.1, -0.05) is 30.3 Å². The first-order chi connectivity index (χ1) is 17.7. The maximum atomic E-state index is 13.5. The molecule has 0 saturated carbocycles. The van der Waals surface area contributed by atoms with E-state index >= 15 is 0 Å². The molecule has 2 aromatic carbocycles. The van der Waals surface area contributed by atoms with Crippen LogP contribution in [0.2, 0.25) is 0 Å².